The van der Waals surface area contributed by atoms with Crippen LogP contribution >= 0.6 is 0 Å². The average Bonchev–Trinajstić information content (AvgIpc) is 2.42. The third-order valence-corrected chi connectivity index (χ3v) is 1.99. The highest BCUT2D eigenvalue weighted by atomic mass is 19.4. The van der Waals surface area contributed by atoms with Crippen LogP contribution < -0.4 is 5.73 Å². The SMILES string of the molecule is Cc1[nH]nc(C(F)(F)F)c1CCC(=N)N. The lowest BCUT2D eigenvalue weighted by molar-refractivity contribution is -0.141. The van der Waals surface area contributed by atoms with Gasteiger partial charge in [-0.05, 0) is 13.3 Å². The summed E-state index contributed by atoms with van der Waals surface area (Å²) in [5, 5.41) is 12.4. The molecule has 0 bridgehead atoms. The van der Waals surface area contributed by atoms with Crippen LogP contribution in [0.4, 0.5) is 13.2 Å². The largest absolute Gasteiger partial charge is 0.435 e. The van der Waals surface area contributed by atoms with E-state index < -0.39 is 11.9 Å². The predicted octanol–water partition coefficient (Wildman–Crippen LogP) is 1.61. The van der Waals surface area contributed by atoms with Crippen molar-refractivity contribution in [2.75, 3.05) is 0 Å². The quantitative estimate of drug-likeness (QED) is 0.534. The highest BCUT2D eigenvalue weighted by molar-refractivity contribution is 5.77. The van der Waals surface area contributed by atoms with E-state index in [0.29, 0.717) is 5.69 Å². The van der Waals surface area contributed by atoms with Crippen LogP contribution in [-0.4, -0.2) is 16.0 Å². The fraction of sp³-hybridized carbons (Fsp3) is 0.500. The first-order valence-electron chi connectivity index (χ1n) is 4.26. The maximum Gasteiger partial charge on any atom is 0.435 e. The van der Waals surface area contributed by atoms with Gasteiger partial charge in [-0.1, -0.05) is 0 Å². The maximum atomic E-state index is 12.4. The second-order valence-corrected chi connectivity index (χ2v) is 3.20. The summed E-state index contributed by atoms with van der Waals surface area (Å²) >= 11 is 0. The van der Waals surface area contributed by atoms with Gasteiger partial charge in [0.2, 0.25) is 0 Å². The number of amidine groups is 1. The van der Waals surface area contributed by atoms with Crippen LogP contribution in [0, 0.1) is 12.3 Å². The highest BCUT2D eigenvalue weighted by Crippen LogP contribution is 2.31. The van der Waals surface area contributed by atoms with Gasteiger partial charge in [-0.2, -0.15) is 18.3 Å². The fourth-order valence-corrected chi connectivity index (χ4v) is 1.25. The van der Waals surface area contributed by atoms with Crippen molar-refractivity contribution >= 4 is 5.84 Å². The summed E-state index contributed by atoms with van der Waals surface area (Å²) in [5.41, 5.74) is 4.62. The number of nitrogens with two attached hydrogens (primary N) is 1. The van der Waals surface area contributed by atoms with Gasteiger partial charge in [0.05, 0.1) is 5.84 Å². The van der Waals surface area contributed by atoms with Gasteiger partial charge in [0.25, 0.3) is 0 Å². The average molecular weight is 220 g/mol. The molecule has 0 spiro atoms. The van der Waals surface area contributed by atoms with Gasteiger partial charge in [-0.25, -0.2) is 0 Å². The number of hydrogen-bond donors (Lipinski definition) is 3. The van der Waals surface area contributed by atoms with E-state index in [0.717, 1.165) is 0 Å². The summed E-state index contributed by atoms with van der Waals surface area (Å²) in [5.74, 6) is -0.135. The maximum absolute atomic E-state index is 12.4. The van der Waals surface area contributed by atoms with E-state index in [4.69, 9.17) is 11.1 Å². The minimum absolute atomic E-state index is 0.0759. The van der Waals surface area contributed by atoms with Crippen LogP contribution in [0.1, 0.15) is 23.4 Å². The third kappa shape index (κ3) is 2.71. The summed E-state index contributed by atoms with van der Waals surface area (Å²) in [6.07, 6.45) is -4.28. The number of aryl methyl sites for hydroxylation is 1. The van der Waals surface area contributed by atoms with Crippen LogP contribution in [0.15, 0.2) is 0 Å². The molecule has 0 aliphatic heterocycles. The van der Waals surface area contributed by atoms with Crippen molar-refractivity contribution in [1.29, 1.82) is 5.41 Å². The molecule has 1 rings (SSSR count). The standard InChI is InChI=1S/C8H11F3N4/c1-4-5(2-3-6(12)13)7(15-14-4)8(9,10)11/h2-3H2,1H3,(H3,12,13)(H,14,15). The van der Waals surface area contributed by atoms with Crippen LogP contribution in [0.3, 0.4) is 0 Å². The molecule has 0 radical (unpaired) electrons. The van der Waals surface area contributed by atoms with E-state index in [1.807, 2.05) is 0 Å². The summed E-state index contributed by atoms with van der Waals surface area (Å²) in [6, 6.07) is 0. The molecule has 0 atom stereocenters. The number of nitrogens with zero attached hydrogens (tertiary/aromatic N) is 1. The molecule has 4 N–H and O–H groups in total. The molecule has 0 aromatic carbocycles. The van der Waals surface area contributed by atoms with E-state index in [9.17, 15) is 13.2 Å². The highest BCUT2D eigenvalue weighted by Gasteiger charge is 2.37. The van der Waals surface area contributed by atoms with Crippen molar-refractivity contribution < 1.29 is 13.2 Å². The molecule has 0 aliphatic rings. The Morgan fingerprint density at radius 3 is 2.60 bits per heavy atom. The molecule has 1 aromatic heterocycles. The van der Waals surface area contributed by atoms with Crippen LogP contribution in [0.25, 0.3) is 0 Å². The van der Waals surface area contributed by atoms with Gasteiger partial charge in [0.15, 0.2) is 5.69 Å². The number of nitrogens with one attached hydrogen (secondary N) is 2. The van der Waals surface area contributed by atoms with Crippen molar-refractivity contribution in [3.63, 3.8) is 0 Å². The summed E-state index contributed by atoms with van der Waals surface area (Å²) < 4.78 is 37.3. The number of alkyl halides is 3. The second-order valence-electron chi connectivity index (χ2n) is 3.20. The number of aromatic amines is 1. The zero-order valence-electron chi connectivity index (χ0n) is 8.07. The molecular formula is C8H11F3N4. The molecule has 0 fully saturated rings. The van der Waals surface area contributed by atoms with Crippen molar-refractivity contribution in [3.8, 4) is 0 Å². The van der Waals surface area contributed by atoms with Crippen molar-refractivity contribution in [2.24, 2.45) is 5.73 Å². The van der Waals surface area contributed by atoms with E-state index >= 15 is 0 Å². The zero-order chi connectivity index (χ0) is 11.6. The van der Waals surface area contributed by atoms with Gasteiger partial charge >= 0.3 is 6.18 Å². The predicted molar refractivity (Wildman–Crippen MR) is 48.6 cm³/mol. The smallest absolute Gasteiger partial charge is 0.388 e. The Hall–Kier alpha value is -1.53. The molecule has 1 aromatic rings. The van der Waals surface area contributed by atoms with Gasteiger partial charge in [-0.15, -0.1) is 0 Å². The topological polar surface area (TPSA) is 78.5 Å². The van der Waals surface area contributed by atoms with E-state index in [1.165, 1.54) is 6.92 Å². The first-order chi connectivity index (χ1) is 6.82. The molecule has 15 heavy (non-hydrogen) atoms. The monoisotopic (exact) mass is 220 g/mol. The molecule has 7 heteroatoms. The summed E-state index contributed by atoms with van der Waals surface area (Å²) in [4.78, 5) is 0. The van der Waals surface area contributed by atoms with E-state index in [2.05, 4.69) is 10.2 Å². The number of aromatic nitrogens is 2. The van der Waals surface area contributed by atoms with Gasteiger partial charge in [-0.3, -0.25) is 10.5 Å². The summed E-state index contributed by atoms with van der Waals surface area (Å²) in [6.45, 7) is 1.51. The van der Waals surface area contributed by atoms with Crippen LogP contribution in [0.5, 0.6) is 0 Å². The molecule has 0 aliphatic carbocycles. The minimum Gasteiger partial charge on any atom is -0.388 e. The fourth-order valence-electron chi connectivity index (χ4n) is 1.25. The molecule has 0 amide bonds. The first kappa shape index (κ1) is 11.5. The number of hydrogen-bond acceptors (Lipinski definition) is 2. The third-order valence-electron chi connectivity index (χ3n) is 1.99. The van der Waals surface area contributed by atoms with E-state index in [-0.39, 0.29) is 24.2 Å². The Labute approximate surface area is 84.2 Å². The number of H-pyrrole nitrogens is 1. The van der Waals surface area contributed by atoms with Crippen molar-refractivity contribution in [2.45, 2.75) is 25.9 Å². The normalized spacial score (nSPS) is 11.7. The lowest BCUT2D eigenvalue weighted by Gasteiger charge is -2.06. The van der Waals surface area contributed by atoms with Crippen molar-refractivity contribution in [1.82, 2.24) is 10.2 Å². The second kappa shape index (κ2) is 3.92. The Balaban J connectivity index is 2.95. The molecule has 84 valence electrons. The Kier molecular flexibility index (Phi) is 3.01. The lowest BCUT2D eigenvalue weighted by atomic mass is 10.1. The van der Waals surface area contributed by atoms with Gasteiger partial charge < -0.3 is 5.73 Å². The van der Waals surface area contributed by atoms with Crippen LogP contribution in [-0.2, 0) is 12.6 Å². The Morgan fingerprint density at radius 2 is 2.13 bits per heavy atom. The Bertz CT molecular complexity index is 366. The lowest BCUT2D eigenvalue weighted by Crippen LogP contribution is -2.13. The van der Waals surface area contributed by atoms with Gasteiger partial charge in [0.1, 0.15) is 0 Å². The molecule has 0 saturated carbocycles. The summed E-state index contributed by atoms with van der Waals surface area (Å²) in [7, 11) is 0. The number of rotatable bonds is 3. The molecular weight excluding hydrogens is 209 g/mol. The molecule has 1 heterocycles. The van der Waals surface area contributed by atoms with Crippen LogP contribution in [0.2, 0.25) is 0 Å². The first-order valence-corrected chi connectivity index (χ1v) is 4.26. The molecule has 0 unspecified atom stereocenters. The molecule has 4 nitrogen and oxygen atoms in total. The zero-order valence-corrected chi connectivity index (χ0v) is 8.07. The number of halogens is 3. The van der Waals surface area contributed by atoms with Gasteiger partial charge in [0, 0.05) is 17.7 Å². The molecule has 0 saturated heterocycles. The minimum atomic E-state index is -4.46. The van der Waals surface area contributed by atoms with E-state index in [1.54, 1.807) is 0 Å². The Morgan fingerprint density at radius 1 is 1.53 bits per heavy atom. The van der Waals surface area contributed by atoms with Crippen molar-refractivity contribution in [3.05, 3.63) is 17.0 Å².